The van der Waals surface area contributed by atoms with Gasteiger partial charge >= 0.3 is 11.9 Å². The number of aryl methyl sites for hydroxylation is 1. The van der Waals surface area contributed by atoms with Crippen LogP contribution in [0.5, 0.6) is 5.75 Å². The van der Waals surface area contributed by atoms with E-state index in [1.54, 1.807) is 66.3 Å². The zero-order valence-corrected chi connectivity index (χ0v) is 30.6. The number of halogens is 1. The Bertz CT molecular complexity index is 2040. The molecule has 280 valence electrons. The Morgan fingerprint density at radius 2 is 1.74 bits per heavy atom. The Morgan fingerprint density at radius 1 is 1.02 bits per heavy atom. The molecule has 0 radical (unpaired) electrons. The summed E-state index contributed by atoms with van der Waals surface area (Å²) in [6.07, 6.45) is 0.750. The number of fused-ring (bicyclic) bond motifs is 2. The van der Waals surface area contributed by atoms with Crippen molar-refractivity contribution in [3.8, 4) is 5.75 Å². The molecule has 14 nitrogen and oxygen atoms in total. The van der Waals surface area contributed by atoms with Crippen molar-refractivity contribution in [2.45, 2.75) is 51.3 Å². The van der Waals surface area contributed by atoms with Crippen molar-refractivity contribution >= 4 is 58.5 Å². The van der Waals surface area contributed by atoms with Crippen molar-refractivity contribution < 1.29 is 42.6 Å². The van der Waals surface area contributed by atoms with Gasteiger partial charge in [-0.15, -0.1) is 11.8 Å². The van der Waals surface area contributed by atoms with Gasteiger partial charge in [-0.05, 0) is 52.0 Å². The monoisotopic (exact) mass is 749 g/mol. The van der Waals surface area contributed by atoms with Gasteiger partial charge in [0.25, 0.3) is 11.8 Å². The summed E-state index contributed by atoms with van der Waals surface area (Å²) in [6.45, 7) is 7.95. The maximum absolute atomic E-state index is 15.3. The molecule has 0 unspecified atom stereocenters. The number of carbonyl (C=O) groups excluding carboxylic acids is 5. The molecule has 1 aromatic heterocycles. The van der Waals surface area contributed by atoms with E-state index < -0.39 is 58.6 Å². The minimum absolute atomic E-state index is 0.0744. The highest BCUT2D eigenvalue weighted by Gasteiger charge is 2.55. The van der Waals surface area contributed by atoms with Crippen LogP contribution < -0.4 is 20.4 Å². The maximum atomic E-state index is 15.3. The second kappa shape index (κ2) is 15.3. The van der Waals surface area contributed by atoms with Gasteiger partial charge in [-0.25, -0.2) is 14.0 Å². The lowest BCUT2D eigenvalue weighted by Crippen LogP contribution is -2.71. The average molecular weight is 750 g/mol. The molecule has 6 rings (SSSR count). The molecule has 2 aromatic carbocycles. The van der Waals surface area contributed by atoms with Crippen LogP contribution in [-0.4, -0.2) is 107 Å². The zero-order chi connectivity index (χ0) is 38.0. The van der Waals surface area contributed by atoms with Crippen molar-refractivity contribution in [1.29, 1.82) is 0 Å². The first-order chi connectivity index (χ1) is 25.3. The van der Waals surface area contributed by atoms with Crippen LogP contribution in [0.2, 0.25) is 0 Å². The fraction of sp³-hybridized carbons (Fsp3) is 0.405. The lowest BCUT2D eigenvalue weighted by Gasteiger charge is -2.49. The fourth-order valence-electron chi connectivity index (χ4n) is 6.42. The summed E-state index contributed by atoms with van der Waals surface area (Å²) in [6, 6.07) is 11.6. The van der Waals surface area contributed by atoms with Gasteiger partial charge in [-0.1, -0.05) is 18.2 Å². The van der Waals surface area contributed by atoms with Gasteiger partial charge in [0.2, 0.25) is 6.41 Å². The molecule has 2 atom stereocenters. The van der Waals surface area contributed by atoms with Crippen LogP contribution >= 0.6 is 11.8 Å². The molecule has 0 bridgehead atoms. The Balaban J connectivity index is 1.22. The number of hydrogen-bond acceptors (Lipinski definition) is 11. The third-order valence-electron chi connectivity index (χ3n) is 8.96. The fourth-order valence-corrected chi connectivity index (χ4v) is 7.75. The van der Waals surface area contributed by atoms with E-state index in [-0.39, 0.29) is 41.4 Å². The third-order valence-corrected chi connectivity index (χ3v) is 10.3. The molecule has 2 saturated heterocycles. The van der Waals surface area contributed by atoms with Gasteiger partial charge in [0, 0.05) is 55.5 Å². The van der Waals surface area contributed by atoms with E-state index in [9.17, 15) is 28.8 Å². The standard InChI is InChI=1S/C37H40FN5O9S/c1-5-42-26-16-27(41-13-11-40(21-44)12-14-41)25(38)15-24(26)29(45)17-28(42)35(48)51-18-22-20-53-34-31(39-30(46)19-50-23-9-7-6-8-10-23)33(47)43(34)32(22)36(49)52-37(2,3)4/h6-10,15-17,21,31,34H,5,11-14,18-20H2,1-4H3,(H,39,46)/t31-,34-/m1/s1. The number of carbonyl (C=O) groups is 5. The molecule has 3 aromatic rings. The van der Waals surface area contributed by atoms with Crippen LogP contribution in [0.15, 0.2) is 64.6 Å². The number of ether oxygens (including phenoxy) is 3. The predicted octanol–water partition coefficient (Wildman–Crippen LogP) is 2.67. The second-order valence-electron chi connectivity index (χ2n) is 13.7. The number of β-lactam (4-membered cyclic amide) rings is 1. The molecule has 16 heteroatoms. The SMILES string of the molecule is CCn1c(C(=O)OCC2=C(C(=O)OC(C)(C)C)N3C(=O)[C@@H](NC(=O)COc4ccccc4)[C@H]3SC2)cc(=O)c2cc(F)c(N3CCN(C=O)CC3)cc21. The number of hydrogen-bond donors (Lipinski definition) is 1. The summed E-state index contributed by atoms with van der Waals surface area (Å²) in [4.78, 5) is 82.4. The third kappa shape index (κ3) is 7.87. The minimum Gasteiger partial charge on any atom is -0.484 e. The summed E-state index contributed by atoms with van der Waals surface area (Å²) in [5.74, 6) is -2.63. The molecule has 1 N–H and O–H groups in total. The topological polar surface area (TPSA) is 157 Å². The number of nitrogens with zero attached hydrogens (tertiary/aromatic N) is 4. The summed E-state index contributed by atoms with van der Waals surface area (Å²) >= 11 is 1.28. The first kappa shape index (κ1) is 37.4. The Kier molecular flexibility index (Phi) is 10.8. The van der Waals surface area contributed by atoms with Crippen LogP contribution in [0, 0.1) is 5.82 Å². The molecule has 0 spiro atoms. The van der Waals surface area contributed by atoms with Crippen LogP contribution in [0.3, 0.4) is 0 Å². The number of thioether (sulfide) groups is 1. The van der Waals surface area contributed by atoms with E-state index in [1.807, 2.05) is 6.07 Å². The predicted molar refractivity (Wildman–Crippen MR) is 194 cm³/mol. The summed E-state index contributed by atoms with van der Waals surface area (Å²) in [7, 11) is 0. The van der Waals surface area contributed by atoms with E-state index in [4.69, 9.17) is 14.2 Å². The van der Waals surface area contributed by atoms with Gasteiger partial charge in [0.15, 0.2) is 12.0 Å². The average Bonchev–Trinajstić information content (AvgIpc) is 3.14. The van der Waals surface area contributed by atoms with Crippen molar-refractivity contribution in [3.63, 3.8) is 0 Å². The molecule has 3 aliphatic rings. The van der Waals surface area contributed by atoms with E-state index in [0.717, 1.165) is 18.5 Å². The number of rotatable bonds is 11. The van der Waals surface area contributed by atoms with Crippen LogP contribution in [0.4, 0.5) is 10.1 Å². The summed E-state index contributed by atoms with van der Waals surface area (Å²) in [5, 5.41) is 2.15. The van der Waals surface area contributed by atoms with E-state index in [0.29, 0.717) is 43.0 Å². The van der Waals surface area contributed by atoms with Crippen LogP contribution in [0.25, 0.3) is 10.9 Å². The number of nitrogens with one attached hydrogen (secondary N) is 1. The molecule has 3 amide bonds. The summed E-state index contributed by atoms with van der Waals surface area (Å²) < 4.78 is 33.7. The van der Waals surface area contributed by atoms with Gasteiger partial charge in [-0.3, -0.25) is 24.1 Å². The lowest BCUT2D eigenvalue weighted by atomic mass is 10.0. The number of aromatic nitrogens is 1. The molecule has 0 aliphatic carbocycles. The van der Waals surface area contributed by atoms with Crippen molar-refractivity contribution in [2.75, 3.05) is 50.0 Å². The quantitative estimate of drug-likeness (QED) is 0.175. The van der Waals surface area contributed by atoms with Crippen molar-refractivity contribution in [1.82, 2.24) is 19.7 Å². The van der Waals surface area contributed by atoms with Crippen molar-refractivity contribution in [3.05, 3.63) is 81.5 Å². The number of piperazine rings is 1. The van der Waals surface area contributed by atoms with Gasteiger partial charge in [0.1, 0.15) is 46.6 Å². The zero-order valence-electron chi connectivity index (χ0n) is 29.8. The smallest absolute Gasteiger partial charge is 0.355 e. The maximum Gasteiger partial charge on any atom is 0.355 e. The normalized spacial score (nSPS) is 18.7. The van der Waals surface area contributed by atoms with Gasteiger partial charge < -0.3 is 33.9 Å². The number of esters is 2. The number of para-hydroxylation sites is 1. The molecular formula is C37H40FN5O9S. The number of benzene rings is 2. The Morgan fingerprint density at radius 3 is 2.40 bits per heavy atom. The number of anilines is 1. The largest absolute Gasteiger partial charge is 0.484 e. The lowest BCUT2D eigenvalue weighted by molar-refractivity contribution is -0.159. The van der Waals surface area contributed by atoms with Gasteiger partial charge in [0.05, 0.1) is 11.2 Å². The first-order valence-corrected chi connectivity index (χ1v) is 18.2. The highest BCUT2D eigenvalue weighted by atomic mass is 32.2. The Labute approximate surface area is 308 Å². The molecule has 4 heterocycles. The molecular weight excluding hydrogens is 709 g/mol. The molecule has 3 aliphatic heterocycles. The van der Waals surface area contributed by atoms with Crippen LogP contribution in [0.1, 0.15) is 38.2 Å². The highest BCUT2D eigenvalue weighted by molar-refractivity contribution is 8.00. The van der Waals surface area contributed by atoms with E-state index >= 15 is 4.39 Å². The minimum atomic E-state index is -0.923. The van der Waals surface area contributed by atoms with Gasteiger partial charge in [-0.2, -0.15) is 0 Å². The van der Waals surface area contributed by atoms with E-state index in [2.05, 4.69) is 5.32 Å². The van der Waals surface area contributed by atoms with Crippen LogP contribution in [-0.2, 0) is 35.2 Å². The Hall–Kier alpha value is -5.38. The summed E-state index contributed by atoms with van der Waals surface area (Å²) in [5.41, 5.74) is -0.753. The van der Waals surface area contributed by atoms with E-state index in [1.165, 1.54) is 22.7 Å². The van der Waals surface area contributed by atoms with Crippen molar-refractivity contribution in [2.24, 2.45) is 0 Å². The number of amides is 3. The molecule has 53 heavy (non-hydrogen) atoms. The highest BCUT2D eigenvalue weighted by Crippen LogP contribution is 2.41. The number of pyridine rings is 1. The molecule has 0 saturated carbocycles. The first-order valence-electron chi connectivity index (χ1n) is 17.2. The second-order valence-corrected chi connectivity index (χ2v) is 14.8. The molecule has 2 fully saturated rings.